The summed E-state index contributed by atoms with van der Waals surface area (Å²) in [7, 11) is 1.81. The highest BCUT2D eigenvalue weighted by molar-refractivity contribution is 6.08. The minimum atomic E-state index is -0.0232. The van der Waals surface area contributed by atoms with E-state index in [2.05, 4.69) is 10.2 Å². The summed E-state index contributed by atoms with van der Waals surface area (Å²) in [5.74, 6) is -0.0232. The van der Waals surface area contributed by atoms with Crippen molar-refractivity contribution in [3.8, 4) is 0 Å². The molecule has 0 fully saturated rings. The average Bonchev–Trinajstić information content (AvgIpc) is 2.83. The minimum absolute atomic E-state index is 0.0232. The summed E-state index contributed by atoms with van der Waals surface area (Å²) in [6.07, 6.45) is 3.38. The van der Waals surface area contributed by atoms with Gasteiger partial charge in [0.15, 0.2) is 0 Å². The van der Waals surface area contributed by atoms with Crippen LogP contribution < -0.4 is 0 Å². The molecule has 5 nitrogen and oxygen atoms in total. The lowest BCUT2D eigenvalue weighted by Gasteiger charge is -2.02. The van der Waals surface area contributed by atoms with E-state index in [0.717, 1.165) is 5.69 Å². The summed E-state index contributed by atoms with van der Waals surface area (Å²) in [4.78, 5) is 12.2. The van der Waals surface area contributed by atoms with Gasteiger partial charge in [0.2, 0.25) is 5.78 Å². The van der Waals surface area contributed by atoms with E-state index in [-0.39, 0.29) is 5.78 Å². The molecule has 2 aromatic heterocycles. The first-order valence-electron chi connectivity index (χ1n) is 5.20. The summed E-state index contributed by atoms with van der Waals surface area (Å²) in [6, 6.07) is 1.73. The predicted octanol–water partition coefficient (Wildman–Crippen LogP) is 1.18. The lowest BCUT2D eigenvalue weighted by Crippen LogP contribution is -2.10. The zero-order valence-electron chi connectivity index (χ0n) is 9.64. The Labute approximate surface area is 93.7 Å². The summed E-state index contributed by atoms with van der Waals surface area (Å²) in [5, 5.41) is 8.25. The van der Waals surface area contributed by atoms with Gasteiger partial charge >= 0.3 is 0 Å². The molecule has 0 unspecified atom stereocenters. The van der Waals surface area contributed by atoms with E-state index in [4.69, 9.17) is 0 Å². The van der Waals surface area contributed by atoms with Gasteiger partial charge < -0.3 is 0 Å². The zero-order chi connectivity index (χ0) is 11.7. The van der Waals surface area contributed by atoms with Gasteiger partial charge in [0.25, 0.3) is 0 Å². The van der Waals surface area contributed by atoms with Crippen molar-refractivity contribution in [3.63, 3.8) is 0 Å². The van der Waals surface area contributed by atoms with Gasteiger partial charge in [0.05, 0.1) is 11.3 Å². The number of hydrogen-bond acceptors (Lipinski definition) is 3. The number of carbonyl (C=O) groups excluding carboxylic acids is 1. The van der Waals surface area contributed by atoms with Gasteiger partial charge in [0, 0.05) is 26.0 Å². The van der Waals surface area contributed by atoms with Gasteiger partial charge in [-0.05, 0) is 19.9 Å². The maximum atomic E-state index is 12.2. The van der Waals surface area contributed by atoms with Gasteiger partial charge in [-0.2, -0.15) is 10.2 Å². The van der Waals surface area contributed by atoms with Crippen molar-refractivity contribution in [2.45, 2.75) is 20.4 Å². The Morgan fingerprint density at radius 1 is 1.50 bits per heavy atom. The highest BCUT2D eigenvalue weighted by Crippen LogP contribution is 2.12. The maximum absolute atomic E-state index is 12.2. The summed E-state index contributed by atoms with van der Waals surface area (Å²) in [5.41, 5.74) is 1.99. The van der Waals surface area contributed by atoms with E-state index >= 15 is 0 Å². The molecular formula is C11H14N4O. The smallest absolute Gasteiger partial charge is 0.214 e. The second-order valence-corrected chi connectivity index (χ2v) is 3.66. The van der Waals surface area contributed by atoms with E-state index in [1.165, 1.54) is 0 Å². The second-order valence-electron chi connectivity index (χ2n) is 3.66. The molecular weight excluding hydrogens is 204 g/mol. The van der Waals surface area contributed by atoms with Gasteiger partial charge in [0.1, 0.15) is 5.69 Å². The van der Waals surface area contributed by atoms with Crippen LogP contribution in [0.2, 0.25) is 0 Å². The second kappa shape index (κ2) is 3.92. The molecule has 0 aromatic carbocycles. The Hall–Kier alpha value is -1.91. The molecule has 0 radical (unpaired) electrons. The van der Waals surface area contributed by atoms with Crippen LogP contribution in [-0.4, -0.2) is 25.3 Å². The van der Waals surface area contributed by atoms with Crippen molar-refractivity contribution in [1.29, 1.82) is 0 Å². The van der Waals surface area contributed by atoms with Crippen LogP contribution in [0.4, 0.5) is 0 Å². The number of aryl methyl sites for hydroxylation is 3. The van der Waals surface area contributed by atoms with Crippen LogP contribution in [0.15, 0.2) is 18.5 Å². The zero-order valence-corrected chi connectivity index (χ0v) is 9.64. The largest absolute Gasteiger partial charge is 0.287 e. The molecule has 5 heteroatoms. The monoisotopic (exact) mass is 218 g/mol. The van der Waals surface area contributed by atoms with E-state index in [0.29, 0.717) is 17.8 Å². The highest BCUT2D eigenvalue weighted by Gasteiger charge is 2.17. The van der Waals surface area contributed by atoms with Gasteiger partial charge in [-0.15, -0.1) is 0 Å². The first-order chi connectivity index (χ1) is 7.63. The molecule has 0 aliphatic heterocycles. The Morgan fingerprint density at radius 3 is 2.81 bits per heavy atom. The van der Waals surface area contributed by atoms with E-state index < -0.39 is 0 Å². The highest BCUT2D eigenvalue weighted by atomic mass is 16.1. The van der Waals surface area contributed by atoms with Crippen LogP contribution in [0.5, 0.6) is 0 Å². The van der Waals surface area contributed by atoms with Gasteiger partial charge in [-0.3, -0.25) is 14.2 Å². The molecule has 0 spiro atoms. The molecule has 0 saturated heterocycles. The third kappa shape index (κ3) is 1.64. The van der Waals surface area contributed by atoms with Crippen molar-refractivity contribution in [3.05, 3.63) is 35.4 Å². The summed E-state index contributed by atoms with van der Waals surface area (Å²) in [6.45, 7) is 4.48. The molecule has 0 N–H and O–H groups in total. The Bertz CT molecular complexity index is 524. The number of carbonyl (C=O) groups is 1. The van der Waals surface area contributed by atoms with Crippen molar-refractivity contribution in [2.75, 3.05) is 0 Å². The molecule has 0 bridgehead atoms. The molecule has 0 saturated carbocycles. The van der Waals surface area contributed by atoms with Crippen molar-refractivity contribution < 1.29 is 4.79 Å². The normalized spacial score (nSPS) is 10.7. The van der Waals surface area contributed by atoms with Crippen molar-refractivity contribution >= 4 is 5.78 Å². The van der Waals surface area contributed by atoms with E-state index in [1.54, 1.807) is 34.9 Å². The predicted molar refractivity (Wildman–Crippen MR) is 59.3 cm³/mol. The molecule has 0 amide bonds. The number of nitrogens with zero attached hydrogens (tertiary/aromatic N) is 4. The third-order valence-corrected chi connectivity index (χ3v) is 2.51. The van der Waals surface area contributed by atoms with E-state index in [9.17, 15) is 4.79 Å². The van der Waals surface area contributed by atoms with Crippen LogP contribution in [-0.2, 0) is 13.6 Å². The van der Waals surface area contributed by atoms with Crippen LogP contribution in [0.3, 0.4) is 0 Å². The number of aromatic nitrogens is 4. The van der Waals surface area contributed by atoms with Gasteiger partial charge in [-0.1, -0.05) is 0 Å². The van der Waals surface area contributed by atoms with Crippen molar-refractivity contribution in [1.82, 2.24) is 19.6 Å². The molecule has 0 atom stereocenters. The molecule has 2 heterocycles. The van der Waals surface area contributed by atoms with Crippen LogP contribution >= 0.6 is 0 Å². The molecule has 16 heavy (non-hydrogen) atoms. The number of ketones is 1. The molecule has 0 aliphatic rings. The summed E-state index contributed by atoms with van der Waals surface area (Å²) >= 11 is 0. The number of rotatable bonds is 3. The van der Waals surface area contributed by atoms with Crippen LogP contribution in [0.25, 0.3) is 0 Å². The SMILES string of the molecule is CCn1nccc1C(=O)c1cn(C)nc1C. The Morgan fingerprint density at radius 2 is 2.25 bits per heavy atom. The first-order valence-corrected chi connectivity index (χ1v) is 5.20. The fourth-order valence-corrected chi connectivity index (χ4v) is 1.74. The molecule has 84 valence electrons. The third-order valence-electron chi connectivity index (χ3n) is 2.51. The Balaban J connectivity index is 2.43. The quantitative estimate of drug-likeness (QED) is 0.727. The minimum Gasteiger partial charge on any atom is -0.287 e. The fourth-order valence-electron chi connectivity index (χ4n) is 1.74. The molecule has 2 aromatic rings. The molecule has 2 rings (SSSR count). The van der Waals surface area contributed by atoms with Gasteiger partial charge in [-0.25, -0.2) is 0 Å². The number of hydrogen-bond donors (Lipinski definition) is 0. The lowest BCUT2D eigenvalue weighted by atomic mass is 10.1. The molecule has 0 aliphatic carbocycles. The Kier molecular flexibility index (Phi) is 2.60. The lowest BCUT2D eigenvalue weighted by molar-refractivity contribution is 0.102. The fraction of sp³-hybridized carbons (Fsp3) is 0.364. The maximum Gasteiger partial charge on any atom is 0.214 e. The van der Waals surface area contributed by atoms with E-state index in [1.807, 2.05) is 13.8 Å². The summed E-state index contributed by atoms with van der Waals surface area (Å²) < 4.78 is 3.34. The van der Waals surface area contributed by atoms with Crippen LogP contribution in [0.1, 0.15) is 28.7 Å². The topological polar surface area (TPSA) is 52.7 Å². The standard InChI is InChI=1S/C11H14N4O/c1-4-15-10(5-6-12-15)11(16)9-7-14(3)13-8(9)2/h5-7H,4H2,1-3H3. The first kappa shape index (κ1) is 10.6. The average molecular weight is 218 g/mol. The van der Waals surface area contributed by atoms with Crippen LogP contribution in [0, 0.1) is 6.92 Å². The van der Waals surface area contributed by atoms with Crippen molar-refractivity contribution in [2.24, 2.45) is 7.05 Å².